The van der Waals surface area contributed by atoms with Gasteiger partial charge in [-0.1, -0.05) is 60.7 Å². The Labute approximate surface area is 125 Å². The molecule has 1 N–H and O–H groups in total. The minimum Gasteiger partial charge on any atom is -0.298 e. The van der Waals surface area contributed by atoms with Crippen LogP contribution in [0.1, 0.15) is 17.5 Å². The number of hydrogen-bond acceptors (Lipinski definition) is 0. The topological polar surface area (TPSA) is 4.44 Å². The molecule has 21 heavy (non-hydrogen) atoms. The van der Waals surface area contributed by atoms with Crippen molar-refractivity contribution in [1.29, 1.82) is 0 Å². The van der Waals surface area contributed by atoms with Crippen molar-refractivity contribution >= 4 is 16.5 Å². The van der Waals surface area contributed by atoms with Gasteiger partial charge in [-0.2, -0.15) is 0 Å². The van der Waals surface area contributed by atoms with Gasteiger partial charge in [0, 0.05) is 17.5 Å². The maximum Gasteiger partial charge on any atom is 0.134 e. The van der Waals surface area contributed by atoms with Crippen molar-refractivity contribution in [3.63, 3.8) is 0 Å². The van der Waals surface area contributed by atoms with E-state index in [0.29, 0.717) is 0 Å². The fourth-order valence-electron chi connectivity index (χ4n) is 3.57. The van der Waals surface area contributed by atoms with E-state index in [4.69, 9.17) is 0 Å². The van der Waals surface area contributed by atoms with E-state index in [-0.39, 0.29) is 0 Å². The monoisotopic (exact) mass is 274 g/mol. The Bertz CT molecular complexity index is 770. The van der Waals surface area contributed by atoms with Gasteiger partial charge in [-0.05, 0) is 23.3 Å². The maximum absolute atomic E-state index is 2.30. The summed E-state index contributed by atoms with van der Waals surface area (Å²) in [6, 6.07) is 24.3. The van der Waals surface area contributed by atoms with Gasteiger partial charge in [0.25, 0.3) is 0 Å². The lowest BCUT2D eigenvalue weighted by Gasteiger charge is -2.26. The first-order chi connectivity index (χ1) is 10.4. The van der Waals surface area contributed by atoms with Crippen molar-refractivity contribution in [1.82, 2.24) is 0 Å². The van der Waals surface area contributed by atoms with E-state index >= 15 is 0 Å². The molecule has 1 aliphatic heterocycles. The zero-order chi connectivity index (χ0) is 14.1. The van der Waals surface area contributed by atoms with Crippen molar-refractivity contribution in [2.24, 2.45) is 0 Å². The molecule has 1 unspecified atom stereocenters. The van der Waals surface area contributed by atoms with Crippen LogP contribution in [0.4, 0.5) is 5.69 Å². The average molecular weight is 274 g/mol. The molecular weight excluding hydrogens is 254 g/mol. The molecule has 3 aromatic carbocycles. The molecular formula is C20H20N+. The van der Waals surface area contributed by atoms with Crippen LogP contribution in [-0.2, 0) is 13.0 Å². The summed E-state index contributed by atoms with van der Waals surface area (Å²) < 4.78 is 0. The van der Waals surface area contributed by atoms with Crippen LogP contribution in [0.5, 0.6) is 0 Å². The zero-order valence-electron chi connectivity index (χ0n) is 12.2. The van der Waals surface area contributed by atoms with Gasteiger partial charge >= 0.3 is 0 Å². The van der Waals surface area contributed by atoms with Gasteiger partial charge in [0.05, 0.1) is 6.54 Å². The summed E-state index contributed by atoms with van der Waals surface area (Å²) in [5.41, 5.74) is 4.48. The van der Waals surface area contributed by atoms with Crippen LogP contribution in [0.3, 0.4) is 0 Å². The first-order valence-electron chi connectivity index (χ1n) is 7.81. The van der Waals surface area contributed by atoms with Crippen LogP contribution in [0.25, 0.3) is 10.8 Å². The highest BCUT2D eigenvalue weighted by molar-refractivity contribution is 5.85. The van der Waals surface area contributed by atoms with E-state index in [1.54, 1.807) is 4.90 Å². The molecule has 0 aromatic heterocycles. The largest absolute Gasteiger partial charge is 0.298 e. The molecule has 1 heteroatoms. The normalized spacial score (nSPS) is 17.6. The second-order valence-electron chi connectivity index (χ2n) is 5.93. The lowest BCUT2D eigenvalue weighted by molar-refractivity contribution is -0.850. The number of nitrogens with one attached hydrogen (secondary N) is 1. The number of rotatable bonds is 2. The molecule has 3 aromatic rings. The Morgan fingerprint density at radius 2 is 1.62 bits per heavy atom. The third kappa shape index (κ3) is 2.34. The number of fused-ring (bicyclic) bond motifs is 2. The molecule has 104 valence electrons. The third-order valence-electron chi connectivity index (χ3n) is 4.61. The molecule has 0 saturated carbocycles. The molecule has 0 radical (unpaired) electrons. The smallest absolute Gasteiger partial charge is 0.134 e. The van der Waals surface area contributed by atoms with Crippen molar-refractivity contribution in [3.8, 4) is 0 Å². The molecule has 4 rings (SSSR count). The highest BCUT2D eigenvalue weighted by atomic mass is 15.1. The summed E-state index contributed by atoms with van der Waals surface area (Å²) in [7, 11) is 0. The summed E-state index contributed by atoms with van der Waals surface area (Å²) in [6.45, 7) is 2.32. The Balaban J connectivity index is 1.73. The van der Waals surface area contributed by atoms with Gasteiger partial charge in [-0.3, -0.25) is 4.90 Å². The van der Waals surface area contributed by atoms with Crippen LogP contribution in [0.2, 0.25) is 0 Å². The fourth-order valence-corrected chi connectivity index (χ4v) is 3.57. The Kier molecular flexibility index (Phi) is 3.21. The van der Waals surface area contributed by atoms with E-state index in [0.717, 1.165) is 6.54 Å². The molecule has 0 bridgehead atoms. The van der Waals surface area contributed by atoms with E-state index in [1.165, 1.54) is 47.0 Å². The Hall–Kier alpha value is -2.12. The van der Waals surface area contributed by atoms with Gasteiger partial charge in [-0.25, -0.2) is 0 Å². The van der Waals surface area contributed by atoms with Crippen LogP contribution in [0, 0.1) is 0 Å². The minimum atomic E-state index is 1.08. The zero-order valence-corrected chi connectivity index (χ0v) is 12.2. The summed E-state index contributed by atoms with van der Waals surface area (Å²) in [6.07, 6.45) is 2.52. The average Bonchev–Trinajstić information content (AvgIpc) is 2.56. The number of aryl methyl sites for hydroxylation is 1. The van der Waals surface area contributed by atoms with E-state index in [1.807, 2.05) is 0 Å². The molecule has 1 aliphatic rings. The molecule has 0 amide bonds. The molecule has 1 nitrogen and oxygen atoms in total. The molecule has 1 heterocycles. The van der Waals surface area contributed by atoms with E-state index in [2.05, 4.69) is 66.7 Å². The predicted octanol–water partition coefficient (Wildman–Crippen LogP) is 3.50. The van der Waals surface area contributed by atoms with Crippen LogP contribution in [0.15, 0.2) is 66.7 Å². The molecule has 0 saturated heterocycles. The molecule has 0 fully saturated rings. The SMILES string of the molecule is c1ccc2c(c1)CCC[NH+]2Cc1cccc2ccccc12. The Morgan fingerprint density at radius 3 is 2.62 bits per heavy atom. The summed E-state index contributed by atoms with van der Waals surface area (Å²) in [5.74, 6) is 0. The van der Waals surface area contributed by atoms with Crippen molar-refractivity contribution < 1.29 is 4.90 Å². The summed E-state index contributed by atoms with van der Waals surface area (Å²) >= 11 is 0. The predicted molar refractivity (Wildman–Crippen MR) is 87.9 cm³/mol. The standard InChI is InChI=1S/C20H19N/c1-3-12-19-16(7-1)9-5-10-18(19)15-21-14-6-11-17-8-2-4-13-20(17)21/h1-5,7-10,12-13H,6,11,14-15H2/p+1. The lowest BCUT2D eigenvalue weighted by Crippen LogP contribution is -3.06. The van der Waals surface area contributed by atoms with Gasteiger partial charge in [0.1, 0.15) is 12.2 Å². The quantitative estimate of drug-likeness (QED) is 0.729. The maximum atomic E-state index is 2.30. The van der Waals surface area contributed by atoms with Crippen molar-refractivity contribution in [2.45, 2.75) is 19.4 Å². The van der Waals surface area contributed by atoms with Gasteiger partial charge < -0.3 is 0 Å². The van der Waals surface area contributed by atoms with Crippen molar-refractivity contribution in [3.05, 3.63) is 77.9 Å². The van der Waals surface area contributed by atoms with E-state index < -0.39 is 0 Å². The highest BCUT2D eigenvalue weighted by Crippen LogP contribution is 2.20. The molecule has 0 spiro atoms. The van der Waals surface area contributed by atoms with E-state index in [9.17, 15) is 0 Å². The fraction of sp³-hybridized carbons (Fsp3) is 0.200. The number of hydrogen-bond donors (Lipinski definition) is 1. The van der Waals surface area contributed by atoms with Crippen LogP contribution in [-0.4, -0.2) is 6.54 Å². The third-order valence-corrected chi connectivity index (χ3v) is 4.61. The van der Waals surface area contributed by atoms with Crippen LogP contribution < -0.4 is 4.90 Å². The van der Waals surface area contributed by atoms with Gasteiger partial charge in [0.2, 0.25) is 0 Å². The molecule has 1 atom stereocenters. The van der Waals surface area contributed by atoms with Gasteiger partial charge in [0.15, 0.2) is 0 Å². The Morgan fingerprint density at radius 1 is 0.810 bits per heavy atom. The lowest BCUT2D eigenvalue weighted by atomic mass is 9.99. The van der Waals surface area contributed by atoms with Gasteiger partial charge in [-0.15, -0.1) is 0 Å². The number of para-hydroxylation sites is 1. The number of quaternary nitrogens is 1. The minimum absolute atomic E-state index is 1.08. The first kappa shape index (κ1) is 12.6. The summed E-state index contributed by atoms with van der Waals surface area (Å²) in [5, 5.41) is 2.75. The first-order valence-corrected chi connectivity index (χ1v) is 7.81. The van der Waals surface area contributed by atoms with Crippen LogP contribution >= 0.6 is 0 Å². The highest BCUT2D eigenvalue weighted by Gasteiger charge is 2.21. The van der Waals surface area contributed by atoms with Crippen molar-refractivity contribution in [2.75, 3.05) is 6.54 Å². The number of benzene rings is 3. The molecule has 0 aliphatic carbocycles. The summed E-state index contributed by atoms with van der Waals surface area (Å²) in [4.78, 5) is 1.60. The second-order valence-corrected chi connectivity index (χ2v) is 5.93. The second kappa shape index (κ2) is 5.34.